The van der Waals surface area contributed by atoms with Gasteiger partial charge in [0, 0.05) is 10.6 Å². The summed E-state index contributed by atoms with van der Waals surface area (Å²) in [5.41, 5.74) is 7.17. The lowest BCUT2D eigenvalue weighted by molar-refractivity contribution is 0.182. The molecule has 2 rings (SSSR count). The fraction of sp³-hybridized carbons (Fsp3) is 0.625. The molecule has 19 heavy (non-hydrogen) atoms. The van der Waals surface area contributed by atoms with E-state index in [0.717, 1.165) is 24.8 Å². The summed E-state index contributed by atoms with van der Waals surface area (Å²) in [5.74, 6) is 1.09. The van der Waals surface area contributed by atoms with E-state index >= 15 is 0 Å². The average Bonchev–Trinajstić information content (AvgIpc) is 2.33. The SMILES string of the molecule is CC(C)C1CCCC(N)(Cc2cc(F)ccc2Cl)C1. The van der Waals surface area contributed by atoms with Crippen LogP contribution in [-0.4, -0.2) is 5.54 Å². The smallest absolute Gasteiger partial charge is 0.123 e. The Morgan fingerprint density at radius 3 is 2.89 bits per heavy atom. The van der Waals surface area contributed by atoms with Crippen LogP contribution in [0.3, 0.4) is 0 Å². The first-order chi connectivity index (χ1) is 8.89. The molecule has 1 aromatic carbocycles. The summed E-state index contributed by atoms with van der Waals surface area (Å²) in [6.45, 7) is 4.51. The summed E-state index contributed by atoms with van der Waals surface area (Å²) in [5, 5.41) is 0.623. The van der Waals surface area contributed by atoms with Crippen molar-refractivity contribution >= 4 is 11.6 Å². The van der Waals surface area contributed by atoms with Gasteiger partial charge < -0.3 is 5.73 Å². The van der Waals surface area contributed by atoms with Gasteiger partial charge in [-0.2, -0.15) is 0 Å². The molecule has 1 aliphatic rings. The molecular weight excluding hydrogens is 261 g/mol. The average molecular weight is 284 g/mol. The van der Waals surface area contributed by atoms with Gasteiger partial charge in [-0.25, -0.2) is 4.39 Å². The Bertz CT molecular complexity index is 446. The number of rotatable bonds is 3. The highest BCUT2D eigenvalue weighted by molar-refractivity contribution is 6.31. The van der Waals surface area contributed by atoms with Gasteiger partial charge in [-0.15, -0.1) is 0 Å². The lowest BCUT2D eigenvalue weighted by Gasteiger charge is -2.40. The van der Waals surface area contributed by atoms with Gasteiger partial charge in [-0.05, 0) is 54.9 Å². The summed E-state index contributed by atoms with van der Waals surface area (Å²) in [6.07, 6.45) is 5.10. The van der Waals surface area contributed by atoms with Gasteiger partial charge in [0.1, 0.15) is 5.82 Å². The number of hydrogen-bond acceptors (Lipinski definition) is 1. The van der Waals surface area contributed by atoms with E-state index in [9.17, 15) is 4.39 Å². The lowest BCUT2D eigenvalue weighted by Crippen LogP contribution is -2.47. The minimum Gasteiger partial charge on any atom is -0.325 e. The highest BCUT2D eigenvalue weighted by Crippen LogP contribution is 2.37. The molecule has 0 aliphatic heterocycles. The Balaban J connectivity index is 2.14. The molecule has 0 saturated heterocycles. The van der Waals surface area contributed by atoms with Crippen molar-refractivity contribution in [1.82, 2.24) is 0 Å². The molecule has 0 bridgehead atoms. The zero-order chi connectivity index (χ0) is 14.0. The quantitative estimate of drug-likeness (QED) is 0.864. The Kier molecular flexibility index (Phi) is 4.52. The van der Waals surface area contributed by atoms with Crippen LogP contribution in [0.15, 0.2) is 18.2 Å². The van der Waals surface area contributed by atoms with Crippen molar-refractivity contribution in [3.63, 3.8) is 0 Å². The van der Waals surface area contributed by atoms with Crippen LogP contribution >= 0.6 is 11.6 Å². The third-order valence-corrected chi connectivity index (χ3v) is 4.78. The van der Waals surface area contributed by atoms with E-state index in [-0.39, 0.29) is 11.4 Å². The first kappa shape index (κ1) is 14.8. The molecule has 1 saturated carbocycles. The van der Waals surface area contributed by atoms with Gasteiger partial charge in [-0.3, -0.25) is 0 Å². The molecule has 1 fully saturated rings. The summed E-state index contributed by atoms with van der Waals surface area (Å²) < 4.78 is 13.3. The molecule has 2 atom stereocenters. The second-order valence-electron chi connectivity index (χ2n) is 6.38. The second-order valence-corrected chi connectivity index (χ2v) is 6.78. The molecule has 0 amide bonds. The summed E-state index contributed by atoms with van der Waals surface area (Å²) >= 11 is 6.15. The van der Waals surface area contributed by atoms with E-state index in [2.05, 4.69) is 13.8 Å². The predicted molar refractivity (Wildman–Crippen MR) is 78.8 cm³/mol. The Morgan fingerprint density at radius 2 is 2.21 bits per heavy atom. The first-order valence-electron chi connectivity index (χ1n) is 7.12. The monoisotopic (exact) mass is 283 g/mol. The van der Waals surface area contributed by atoms with E-state index in [1.807, 2.05) is 0 Å². The Hall–Kier alpha value is -0.600. The maximum atomic E-state index is 13.3. The molecular formula is C16H23ClFN. The van der Waals surface area contributed by atoms with Crippen molar-refractivity contribution in [3.8, 4) is 0 Å². The molecule has 2 N–H and O–H groups in total. The third kappa shape index (κ3) is 3.70. The topological polar surface area (TPSA) is 26.0 Å². The fourth-order valence-corrected chi connectivity index (χ4v) is 3.41. The van der Waals surface area contributed by atoms with Gasteiger partial charge in [0.25, 0.3) is 0 Å². The van der Waals surface area contributed by atoms with Crippen molar-refractivity contribution in [2.24, 2.45) is 17.6 Å². The van der Waals surface area contributed by atoms with E-state index in [1.165, 1.54) is 18.6 Å². The molecule has 0 aromatic heterocycles. The minimum atomic E-state index is -0.237. The third-order valence-electron chi connectivity index (χ3n) is 4.41. The van der Waals surface area contributed by atoms with Crippen LogP contribution in [0, 0.1) is 17.7 Å². The van der Waals surface area contributed by atoms with Crippen molar-refractivity contribution in [2.45, 2.75) is 51.5 Å². The molecule has 0 heterocycles. The van der Waals surface area contributed by atoms with E-state index < -0.39 is 0 Å². The van der Waals surface area contributed by atoms with Gasteiger partial charge in [0.2, 0.25) is 0 Å². The van der Waals surface area contributed by atoms with Crippen molar-refractivity contribution in [1.29, 1.82) is 0 Å². The van der Waals surface area contributed by atoms with Gasteiger partial charge in [0.15, 0.2) is 0 Å². The molecule has 0 spiro atoms. The molecule has 2 unspecified atom stereocenters. The summed E-state index contributed by atoms with van der Waals surface area (Å²) in [4.78, 5) is 0. The van der Waals surface area contributed by atoms with Crippen LogP contribution in [0.25, 0.3) is 0 Å². The molecule has 1 nitrogen and oxygen atoms in total. The van der Waals surface area contributed by atoms with Gasteiger partial charge in [0.05, 0.1) is 0 Å². The number of benzene rings is 1. The highest BCUT2D eigenvalue weighted by atomic mass is 35.5. The molecule has 106 valence electrons. The summed E-state index contributed by atoms with van der Waals surface area (Å²) in [7, 11) is 0. The lowest BCUT2D eigenvalue weighted by atomic mass is 9.70. The zero-order valence-electron chi connectivity index (χ0n) is 11.8. The van der Waals surface area contributed by atoms with E-state index in [0.29, 0.717) is 23.3 Å². The Labute approximate surface area is 120 Å². The van der Waals surface area contributed by atoms with Crippen molar-refractivity contribution < 1.29 is 4.39 Å². The van der Waals surface area contributed by atoms with Crippen LogP contribution in [0.2, 0.25) is 5.02 Å². The molecule has 1 aliphatic carbocycles. The maximum absolute atomic E-state index is 13.3. The highest BCUT2D eigenvalue weighted by Gasteiger charge is 2.34. The van der Waals surface area contributed by atoms with Gasteiger partial charge >= 0.3 is 0 Å². The maximum Gasteiger partial charge on any atom is 0.123 e. The standard InChI is InChI=1S/C16H23ClFN/c1-11(2)12-4-3-7-16(19,9-12)10-13-8-14(18)5-6-15(13)17/h5-6,8,11-12H,3-4,7,9-10,19H2,1-2H3. The van der Waals surface area contributed by atoms with Crippen LogP contribution in [-0.2, 0) is 6.42 Å². The Morgan fingerprint density at radius 1 is 1.47 bits per heavy atom. The predicted octanol–water partition coefficient (Wildman–Crippen LogP) is 4.57. The van der Waals surface area contributed by atoms with Crippen LogP contribution in [0.5, 0.6) is 0 Å². The normalized spacial score (nSPS) is 27.8. The van der Waals surface area contributed by atoms with Gasteiger partial charge in [-0.1, -0.05) is 38.3 Å². The zero-order valence-corrected chi connectivity index (χ0v) is 12.5. The second kappa shape index (κ2) is 5.80. The van der Waals surface area contributed by atoms with E-state index in [1.54, 1.807) is 6.07 Å². The van der Waals surface area contributed by atoms with Crippen LogP contribution < -0.4 is 5.73 Å². The molecule has 1 aromatic rings. The van der Waals surface area contributed by atoms with Crippen molar-refractivity contribution in [2.75, 3.05) is 0 Å². The number of hydrogen-bond donors (Lipinski definition) is 1. The van der Waals surface area contributed by atoms with Crippen LogP contribution in [0.4, 0.5) is 4.39 Å². The molecule has 3 heteroatoms. The molecule has 0 radical (unpaired) electrons. The van der Waals surface area contributed by atoms with E-state index in [4.69, 9.17) is 17.3 Å². The number of nitrogens with two attached hydrogens (primary N) is 1. The minimum absolute atomic E-state index is 0.232. The first-order valence-corrected chi connectivity index (χ1v) is 7.50. The fourth-order valence-electron chi connectivity index (χ4n) is 3.23. The van der Waals surface area contributed by atoms with Crippen molar-refractivity contribution in [3.05, 3.63) is 34.6 Å². The van der Waals surface area contributed by atoms with Crippen LogP contribution in [0.1, 0.15) is 45.1 Å². The number of halogens is 2. The largest absolute Gasteiger partial charge is 0.325 e. The summed E-state index contributed by atoms with van der Waals surface area (Å²) in [6, 6.07) is 4.54.